The Kier molecular flexibility index (Phi) is 5.97. The number of carbonyl (C=O) groups is 2. The second-order valence-corrected chi connectivity index (χ2v) is 6.28. The third-order valence-electron chi connectivity index (χ3n) is 4.07. The molecule has 28 heavy (non-hydrogen) atoms. The zero-order valence-electron chi connectivity index (χ0n) is 15.7. The van der Waals surface area contributed by atoms with E-state index in [1.807, 2.05) is 43.3 Å². The van der Waals surface area contributed by atoms with Crippen LogP contribution in [-0.2, 0) is 0 Å². The van der Waals surface area contributed by atoms with Crippen molar-refractivity contribution in [3.63, 3.8) is 0 Å². The number of pyridine rings is 1. The van der Waals surface area contributed by atoms with Gasteiger partial charge in [-0.15, -0.1) is 0 Å². The highest BCUT2D eigenvalue weighted by Crippen LogP contribution is 2.21. The van der Waals surface area contributed by atoms with E-state index in [-0.39, 0.29) is 17.2 Å². The largest absolute Gasteiger partial charge is 0.421 e. The average Bonchev–Trinajstić information content (AvgIpc) is 2.73. The Balaban J connectivity index is 1.76. The molecule has 1 heterocycles. The van der Waals surface area contributed by atoms with Gasteiger partial charge in [0.15, 0.2) is 5.78 Å². The Morgan fingerprint density at radius 1 is 0.929 bits per heavy atom. The number of hydrogen-bond acceptors (Lipinski definition) is 5. The van der Waals surface area contributed by atoms with Crippen LogP contribution in [0, 0.1) is 0 Å². The lowest BCUT2D eigenvalue weighted by atomic mass is 10.1. The van der Waals surface area contributed by atoms with E-state index in [2.05, 4.69) is 4.98 Å². The first kappa shape index (κ1) is 19.0. The van der Waals surface area contributed by atoms with Crippen molar-refractivity contribution in [1.29, 1.82) is 0 Å². The van der Waals surface area contributed by atoms with Crippen LogP contribution in [0.4, 0.5) is 5.69 Å². The van der Waals surface area contributed by atoms with Gasteiger partial charge in [0.05, 0.1) is 5.56 Å². The van der Waals surface area contributed by atoms with Crippen LogP contribution in [0.2, 0.25) is 0 Å². The molecule has 2 aromatic carbocycles. The van der Waals surface area contributed by atoms with E-state index in [0.29, 0.717) is 5.56 Å². The minimum absolute atomic E-state index is 0.182. The number of anilines is 1. The van der Waals surface area contributed by atoms with Crippen LogP contribution in [0.3, 0.4) is 0 Å². The summed E-state index contributed by atoms with van der Waals surface area (Å²) in [6.45, 7) is 0. The van der Waals surface area contributed by atoms with Crippen molar-refractivity contribution >= 4 is 23.5 Å². The first-order valence-electron chi connectivity index (χ1n) is 8.76. The summed E-state index contributed by atoms with van der Waals surface area (Å²) in [7, 11) is 3.94. The summed E-state index contributed by atoms with van der Waals surface area (Å²) in [5, 5.41) is 0. The second kappa shape index (κ2) is 8.77. The van der Waals surface area contributed by atoms with Gasteiger partial charge in [-0.05, 0) is 48.0 Å². The molecular formula is C23H20N2O3. The lowest BCUT2D eigenvalue weighted by molar-refractivity contribution is 0.0727. The lowest BCUT2D eigenvalue weighted by Gasteiger charge is -2.11. The monoisotopic (exact) mass is 372 g/mol. The summed E-state index contributed by atoms with van der Waals surface area (Å²) >= 11 is 0. The summed E-state index contributed by atoms with van der Waals surface area (Å²) in [4.78, 5) is 30.8. The molecule has 0 spiro atoms. The molecule has 3 aromatic rings. The summed E-state index contributed by atoms with van der Waals surface area (Å²) in [5.74, 6) is -0.652. The van der Waals surface area contributed by atoms with Crippen LogP contribution in [-0.4, -0.2) is 30.8 Å². The molecule has 1 aromatic heterocycles. The summed E-state index contributed by atoms with van der Waals surface area (Å²) in [5.41, 5.74) is 2.48. The normalized spacial score (nSPS) is 10.6. The molecule has 0 aliphatic rings. The number of para-hydroxylation sites is 1. The maximum Gasteiger partial charge on any atom is 0.362 e. The minimum Gasteiger partial charge on any atom is -0.421 e. The van der Waals surface area contributed by atoms with Gasteiger partial charge in [-0.1, -0.05) is 36.4 Å². The van der Waals surface area contributed by atoms with Gasteiger partial charge in [0.1, 0.15) is 11.4 Å². The summed E-state index contributed by atoms with van der Waals surface area (Å²) < 4.78 is 5.39. The van der Waals surface area contributed by atoms with Gasteiger partial charge in [0.25, 0.3) is 0 Å². The molecular weight excluding hydrogens is 352 g/mol. The quantitative estimate of drug-likeness (QED) is 0.280. The third kappa shape index (κ3) is 4.71. The van der Waals surface area contributed by atoms with Gasteiger partial charge >= 0.3 is 5.97 Å². The van der Waals surface area contributed by atoms with Crippen LogP contribution in [0.5, 0.6) is 5.75 Å². The molecule has 0 bridgehead atoms. The van der Waals surface area contributed by atoms with E-state index in [4.69, 9.17) is 4.74 Å². The van der Waals surface area contributed by atoms with Crippen LogP contribution in [0.25, 0.3) is 6.08 Å². The lowest BCUT2D eigenvalue weighted by Crippen LogP contribution is -2.12. The Hall–Kier alpha value is -3.73. The van der Waals surface area contributed by atoms with Gasteiger partial charge in [0, 0.05) is 26.0 Å². The zero-order chi connectivity index (χ0) is 19.9. The van der Waals surface area contributed by atoms with Crippen molar-refractivity contribution in [2.75, 3.05) is 19.0 Å². The Morgan fingerprint density at radius 2 is 1.64 bits per heavy atom. The molecule has 0 unspecified atom stereocenters. The molecule has 5 nitrogen and oxygen atoms in total. The zero-order valence-corrected chi connectivity index (χ0v) is 15.7. The highest BCUT2D eigenvalue weighted by Gasteiger charge is 2.15. The van der Waals surface area contributed by atoms with Gasteiger partial charge in [-0.2, -0.15) is 0 Å². The van der Waals surface area contributed by atoms with E-state index in [0.717, 1.165) is 11.3 Å². The fourth-order valence-corrected chi connectivity index (χ4v) is 2.54. The molecule has 0 amide bonds. The number of ether oxygens (including phenoxy) is 1. The molecule has 0 saturated carbocycles. The van der Waals surface area contributed by atoms with Crippen LogP contribution < -0.4 is 9.64 Å². The van der Waals surface area contributed by atoms with Crippen molar-refractivity contribution in [1.82, 2.24) is 4.98 Å². The van der Waals surface area contributed by atoms with Crippen LogP contribution in [0.15, 0.2) is 79.0 Å². The molecule has 0 radical (unpaired) electrons. The summed E-state index contributed by atoms with van der Waals surface area (Å²) in [6, 6.07) is 19.5. The number of carbonyl (C=O) groups excluding carboxylic acids is 2. The first-order valence-corrected chi connectivity index (χ1v) is 8.76. The number of rotatable bonds is 6. The molecule has 0 aliphatic heterocycles. The maximum absolute atomic E-state index is 12.6. The number of esters is 1. The van der Waals surface area contributed by atoms with E-state index in [1.54, 1.807) is 48.5 Å². The predicted octanol–water partition coefficient (Wildman–Crippen LogP) is 4.26. The van der Waals surface area contributed by atoms with Crippen LogP contribution in [0.1, 0.15) is 26.4 Å². The second-order valence-electron chi connectivity index (χ2n) is 6.28. The van der Waals surface area contributed by atoms with Crippen molar-refractivity contribution in [3.8, 4) is 5.75 Å². The van der Waals surface area contributed by atoms with Crippen LogP contribution >= 0.6 is 0 Å². The number of allylic oxidation sites excluding steroid dienone is 1. The van der Waals surface area contributed by atoms with Crippen molar-refractivity contribution in [3.05, 3.63) is 95.8 Å². The predicted molar refractivity (Wildman–Crippen MR) is 110 cm³/mol. The molecule has 0 N–H and O–H groups in total. The molecule has 0 aliphatic carbocycles. The summed E-state index contributed by atoms with van der Waals surface area (Å²) in [6.07, 6.45) is 4.72. The van der Waals surface area contributed by atoms with Crippen molar-refractivity contribution < 1.29 is 14.3 Å². The van der Waals surface area contributed by atoms with E-state index >= 15 is 0 Å². The Morgan fingerprint density at radius 3 is 2.32 bits per heavy atom. The average molecular weight is 372 g/mol. The minimum atomic E-state index is -0.607. The highest BCUT2D eigenvalue weighted by molar-refractivity contribution is 6.09. The molecule has 3 rings (SSSR count). The third-order valence-corrected chi connectivity index (χ3v) is 4.07. The number of benzene rings is 2. The molecule has 0 atom stereocenters. The van der Waals surface area contributed by atoms with E-state index in [1.165, 1.54) is 12.3 Å². The Labute approximate surface area is 163 Å². The molecule has 5 heteroatoms. The highest BCUT2D eigenvalue weighted by atomic mass is 16.5. The molecule has 0 saturated heterocycles. The first-order chi connectivity index (χ1) is 13.5. The van der Waals surface area contributed by atoms with Gasteiger partial charge in [-0.3, -0.25) is 4.79 Å². The van der Waals surface area contributed by atoms with Gasteiger partial charge in [-0.25, -0.2) is 9.78 Å². The van der Waals surface area contributed by atoms with Crippen molar-refractivity contribution in [2.45, 2.75) is 0 Å². The van der Waals surface area contributed by atoms with Gasteiger partial charge < -0.3 is 9.64 Å². The number of nitrogens with zero attached hydrogens (tertiary/aromatic N) is 2. The molecule has 0 fully saturated rings. The Bertz CT molecular complexity index is 994. The molecule has 140 valence electrons. The van der Waals surface area contributed by atoms with E-state index in [9.17, 15) is 9.59 Å². The van der Waals surface area contributed by atoms with Gasteiger partial charge in [0.2, 0.25) is 0 Å². The fourth-order valence-electron chi connectivity index (χ4n) is 2.54. The number of aromatic nitrogens is 1. The topological polar surface area (TPSA) is 59.5 Å². The SMILES string of the molecule is CN(C)c1ccc(/C=C/C(=O)c2ccccc2OC(=O)c2ccccn2)cc1. The fraction of sp³-hybridized carbons (Fsp3) is 0.0870. The van der Waals surface area contributed by atoms with E-state index < -0.39 is 5.97 Å². The number of ketones is 1. The smallest absolute Gasteiger partial charge is 0.362 e. The standard InChI is InChI=1S/C23H20N2O3/c1-25(2)18-13-10-17(11-14-18)12-15-21(26)19-7-3-4-9-22(19)28-23(27)20-8-5-6-16-24-20/h3-16H,1-2H3/b15-12+. The van der Waals surface area contributed by atoms with Crippen molar-refractivity contribution in [2.24, 2.45) is 0 Å². The maximum atomic E-state index is 12.6. The number of hydrogen-bond donors (Lipinski definition) is 0.